The van der Waals surface area contributed by atoms with E-state index in [-0.39, 0.29) is 11.5 Å². The Hall–Kier alpha value is -1.06. The highest BCUT2D eigenvalue weighted by Gasteiger charge is 2.15. The van der Waals surface area contributed by atoms with Crippen molar-refractivity contribution in [3.8, 4) is 12.1 Å². The van der Waals surface area contributed by atoms with Gasteiger partial charge in [0.05, 0.1) is 12.1 Å². The fourth-order valence-electron chi connectivity index (χ4n) is 0.560. The lowest BCUT2D eigenvalue weighted by molar-refractivity contribution is -0.115. The molecule has 86 valence electrons. The molecule has 0 amide bonds. The lowest BCUT2D eigenvalue weighted by Crippen LogP contribution is -2.32. The molecule has 0 saturated heterocycles. The summed E-state index contributed by atoms with van der Waals surface area (Å²) in [5.74, 6) is -0.814. The lowest BCUT2D eigenvalue weighted by atomic mass is 10.2. The first-order chi connectivity index (χ1) is 7.52. The molecule has 8 heteroatoms. The highest BCUT2D eigenvalue weighted by atomic mass is 33.1. The summed E-state index contributed by atoms with van der Waals surface area (Å²) in [7, 11) is 2.48. The Labute approximate surface area is 101 Å². The van der Waals surface area contributed by atoms with Crippen molar-refractivity contribution < 1.29 is 9.59 Å². The molecule has 0 spiro atoms. The van der Waals surface area contributed by atoms with Crippen LogP contribution in [0.1, 0.15) is 0 Å². The molecule has 0 unspecified atom stereocenters. The van der Waals surface area contributed by atoms with Crippen LogP contribution in [0.25, 0.3) is 0 Å². The van der Waals surface area contributed by atoms with E-state index in [0.717, 1.165) is 0 Å². The number of rotatable bonds is 7. The van der Waals surface area contributed by atoms with Gasteiger partial charge in [0.1, 0.15) is 12.1 Å². The van der Waals surface area contributed by atoms with Gasteiger partial charge in [-0.25, -0.2) is 0 Å². The van der Waals surface area contributed by atoms with E-state index in [2.05, 4.69) is 0 Å². The first-order valence-corrected chi connectivity index (χ1v) is 6.65. The fourth-order valence-corrected chi connectivity index (χ4v) is 2.81. The number of nitrogens with two attached hydrogens (primary N) is 2. The van der Waals surface area contributed by atoms with Crippen molar-refractivity contribution in [2.24, 2.45) is 11.5 Å². The maximum atomic E-state index is 10.8. The molecule has 0 aliphatic rings. The molecular weight excluding hydrogens is 248 g/mol. The van der Waals surface area contributed by atoms with Gasteiger partial charge in [-0.1, -0.05) is 21.6 Å². The van der Waals surface area contributed by atoms with E-state index in [4.69, 9.17) is 22.0 Å². The maximum absolute atomic E-state index is 10.8. The SMILES string of the molecule is N#CC(=O)[C@@H](N)CSSC[C@H](N)C(=O)C#N. The van der Waals surface area contributed by atoms with Gasteiger partial charge in [-0.05, 0) is 0 Å². The molecule has 0 aromatic carbocycles. The van der Waals surface area contributed by atoms with Crippen molar-refractivity contribution in [1.82, 2.24) is 0 Å². The Bertz CT molecular complexity index is 313. The van der Waals surface area contributed by atoms with Crippen molar-refractivity contribution in [1.29, 1.82) is 10.5 Å². The van der Waals surface area contributed by atoms with Gasteiger partial charge in [-0.2, -0.15) is 10.5 Å². The highest BCUT2D eigenvalue weighted by Crippen LogP contribution is 2.22. The van der Waals surface area contributed by atoms with Gasteiger partial charge in [-0.15, -0.1) is 0 Å². The maximum Gasteiger partial charge on any atom is 0.249 e. The third-order valence-electron chi connectivity index (χ3n) is 1.47. The van der Waals surface area contributed by atoms with E-state index in [1.54, 1.807) is 0 Å². The zero-order valence-electron chi connectivity index (χ0n) is 8.25. The molecule has 16 heavy (non-hydrogen) atoms. The number of carbonyl (C=O) groups excluding carboxylic acids is 2. The summed E-state index contributed by atoms with van der Waals surface area (Å²) in [6.45, 7) is 0. The third kappa shape index (κ3) is 5.73. The van der Waals surface area contributed by atoms with Gasteiger partial charge >= 0.3 is 0 Å². The van der Waals surface area contributed by atoms with Crippen molar-refractivity contribution in [3.63, 3.8) is 0 Å². The van der Waals surface area contributed by atoms with E-state index in [9.17, 15) is 9.59 Å². The molecule has 2 atom stereocenters. The predicted molar refractivity (Wildman–Crippen MR) is 62.1 cm³/mol. The molecule has 0 heterocycles. The predicted octanol–water partition coefficient (Wildman–Crippen LogP) is -0.792. The van der Waals surface area contributed by atoms with E-state index in [1.165, 1.54) is 33.7 Å². The minimum absolute atomic E-state index is 0.268. The van der Waals surface area contributed by atoms with Crippen LogP contribution in [0.2, 0.25) is 0 Å². The molecular formula is C8H10N4O2S2. The van der Waals surface area contributed by atoms with Crippen LogP contribution >= 0.6 is 21.6 Å². The zero-order chi connectivity index (χ0) is 12.6. The Balaban J connectivity index is 3.70. The van der Waals surface area contributed by atoms with E-state index in [0.29, 0.717) is 0 Å². The number of hydrogen-bond donors (Lipinski definition) is 2. The number of Topliss-reactive ketones (excluding diaryl/α,β-unsaturated/α-hetero) is 2. The van der Waals surface area contributed by atoms with E-state index < -0.39 is 23.7 Å². The zero-order valence-corrected chi connectivity index (χ0v) is 9.88. The summed E-state index contributed by atoms with van der Waals surface area (Å²) in [5.41, 5.74) is 10.7. The van der Waals surface area contributed by atoms with Gasteiger partial charge in [-0.3, -0.25) is 9.59 Å². The Kier molecular flexibility index (Phi) is 7.60. The number of hydrogen-bond acceptors (Lipinski definition) is 8. The number of ketones is 2. The van der Waals surface area contributed by atoms with Crippen LogP contribution in [0.4, 0.5) is 0 Å². The smallest absolute Gasteiger partial charge is 0.249 e. The minimum atomic E-state index is -0.828. The quantitative estimate of drug-likeness (QED) is 0.344. The first-order valence-electron chi connectivity index (χ1n) is 4.16. The van der Waals surface area contributed by atoms with Crippen molar-refractivity contribution in [3.05, 3.63) is 0 Å². The second-order valence-corrected chi connectivity index (χ2v) is 5.29. The van der Waals surface area contributed by atoms with Crippen molar-refractivity contribution in [2.75, 3.05) is 11.5 Å². The van der Waals surface area contributed by atoms with Crippen LogP contribution in [-0.4, -0.2) is 35.2 Å². The van der Waals surface area contributed by atoms with Gasteiger partial charge in [0.15, 0.2) is 0 Å². The molecule has 4 N–H and O–H groups in total. The molecule has 0 fully saturated rings. The monoisotopic (exact) mass is 258 g/mol. The molecule has 0 bridgehead atoms. The summed E-state index contributed by atoms with van der Waals surface area (Å²) >= 11 is 0. The molecule has 0 aliphatic heterocycles. The number of nitrogens with zero attached hydrogens (tertiary/aromatic N) is 2. The van der Waals surface area contributed by atoms with Crippen molar-refractivity contribution in [2.45, 2.75) is 12.1 Å². The molecule has 0 radical (unpaired) electrons. The summed E-state index contributed by atoms with van der Waals surface area (Å²) in [6, 6.07) is 1.21. The first kappa shape index (κ1) is 14.9. The number of nitriles is 2. The summed E-state index contributed by atoms with van der Waals surface area (Å²) in [6.07, 6.45) is 0. The normalized spacial score (nSPS) is 13.2. The summed E-state index contributed by atoms with van der Waals surface area (Å²) in [4.78, 5) is 21.5. The molecule has 0 aromatic rings. The summed E-state index contributed by atoms with van der Waals surface area (Å²) in [5, 5.41) is 16.5. The molecule has 0 rings (SSSR count). The van der Waals surface area contributed by atoms with Gasteiger partial charge < -0.3 is 11.5 Å². The van der Waals surface area contributed by atoms with Crippen LogP contribution in [0.5, 0.6) is 0 Å². The molecule has 6 nitrogen and oxygen atoms in total. The molecule has 0 aliphatic carbocycles. The topological polar surface area (TPSA) is 134 Å². The van der Waals surface area contributed by atoms with Crippen LogP contribution in [0.3, 0.4) is 0 Å². The second-order valence-electron chi connectivity index (χ2n) is 2.73. The lowest BCUT2D eigenvalue weighted by Gasteiger charge is -2.07. The van der Waals surface area contributed by atoms with Gasteiger partial charge in [0.2, 0.25) is 11.6 Å². The number of carbonyl (C=O) groups is 2. The van der Waals surface area contributed by atoms with Crippen LogP contribution in [-0.2, 0) is 9.59 Å². The largest absolute Gasteiger partial charge is 0.320 e. The molecule has 0 saturated carbocycles. The van der Waals surface area contributed by atoms with E-state index >= 15 is 0 Å². The van der Waals surface area contributed by atoms with Crippen LogP contribution < -0.4 is 11.5 Å². The van der Waals surface area contributed by atoms with Crippen molar-refractivity contribution >= 4 is 33.2 Å². The van der Waals surface area contributed by atoms with Gasteiger partial charge in [0, 0.05) is 11.5 Å². The molecule has 0 aromatic heterocycles. The fraction of sp³-hybridized carbons (Fsp3) is 0.500. The van der Waals surface area contributed by atoms with Crippen LogP contribution in [0.15, 0.2) is 0 Å². The Morgan fingerprint density at radius 2 is 1.31 bits per heavy atom. The Morgan fingerprint density at radius 1 is 1.00 bits per heavy atom. The standard InChI is InChI=1S/C8H10N4O2S2/c9-1-7(13)5(11)3-15-16-4-6(12)8(14)2-10/h5-6H,3-4,11-12H2/t5-,6-/m0/s1. The Morgan fingerprint density at radius 3 is 1.56 bits per heavy atom. The van der Waals surface area contributed by atoms with Gasteiger partial charge in [0.25, 0.3) is 0 Å². The third-order valence-corrected chi connectivity index (χ3v) is 3.95. The average molecular weight is 258 g/mol. The highest BCUT2D eigenvalue weighted by molar-refractivity contribution is 8.76. The minimum Gasteiger partial charge on any atom is -0.320 e. The average Bonchev–Trinajstić information content (AvgIpc) is 2.31. The van der Waals surface area contributed by atoms with Crippen LogP contribution in [0, 0.1) is 22.7 Å². The van der Waals surface area contributed by atoms with E-state index in [1.807, 2.05) is 0 Å². The second kappa shape index (κ2) is 8.13. The summed E-state index contributed by atoms with van der Waals surface area (Å²) < 4.78 is 0.